The predicted molar refractivity (Wildman–Crippen MR) is 10.1 cm³/mol. The summed E-state index contributed by atoms with van der Waals surface area (Å²) in [6, 6.07) is 0. The van der Waals surface area contributed by atoms with Gasteiger partial charge in [-0.3, -0.25) is 0 Å². The molecule has 1 radical (unpaired) electrons. The minimum atomic E-state index is 0. The van der Waals surface area contributed by atoms with E-state index in [4.69, 9.17) is 0 Å². The summed E-state index contributed by atoms with van der Waals surface area (Å²) in [5.74, 6) is 0. The summed E-state index contributed by atoms with van der Waals surface area (Å²) in [7, 11) is 0. The van der Waals surface area contributed by atoms with E-state index >= 15 is 0 Å². The maximum absolute atomic E-state index is 0. The molecule has 51 valence electrons. The second kappa shape index (κ2) is 105. The normalized spacial score (nSPS) is 0. The van der Waals surface area contributed by atoms with Gasteiger partial charge in [0.1, 0.15) is 0 Å². The minimum Gasteiger partial charge on any atom is -3.00 e. The first kappa shape index (κ1) is 155. The summed E-state index contributed by atoms with van der Waals surface area (Å²) in [5, 5.41) is 0. The van der Waals surface area contributed by atoms with Crippen LogP contribution in [0.1, 0.15) is 0 Å². The Kier molecular flexibility index (Phi) is 2310. The molecule has 0 aromatic carbocycles. The molecule has 0 rings (SSSR count). The van der Waals surface area contributed by atoms with E-state index in [0.29, 0.717) is 0 Å². The first-order valence-electron chi connectivity index (χ1n) is 0. The Morgan fingerprint density at radius 2 is 0.429 bits per heavy atom. The molecule has 0 amide bonds. The van der Waals surface area contributed by atoms with Crippen molar-refractivity contribution in [1.82, 2.24) is 0 Å². The molecule has 0 fully saturated rings. The van der Waals surface area contributed by atoms with Crippen LogP contribution in [0.4, 0.5) is 0 Å². The van der Waals surface area contributed by atoms with Crippen LogP contribution in [-0.2, 0) is 66.8 Å². The van der Waals surface area contributed by atoms with E-state index in [9.17, 15) is 0 Å². The fraction of sp³-hybridized carbons (Fsp3) is 0. The second-order valence-electron chi connectivity index (χ2n) is 0. The average Bonchev–Trinajstić information content (AvgIpc) is 0. The summed E-state index contributed by atoms with van der Waals surface area (Å²) in [5.41, 5.74) is 0. The van der Waals surface area contributed by atoms with Crippen LogP contribution in [0.25, 0.3) is 18.5 Å². The molecule has 3 nitrogen and oxygen atoms in total. The van der Waals surface area contributed by atoms with Gasteiger partial charge in [0.2, 0.25) is 0 Å². The maximum atomic E-state index is 0. The van der Waals surface area contributed by atoms with E-state index in [2.05, 4.69) is 0 Å². The molecule has 0 aromatic heterocycles. The summed E-state index contributed by atoms with van der Waals surface area (Å²) < 4.78 is 0. The van der Waals surface area contributed by atoms with Crippen LogP contribution < -0.4 is 0 Å². The van der Waals surface area contributed by atoms with Gasteiger partial charge in [0.25, 0.3) is 0 Å². The van der Waals surface area contributed by atoms with Gasteiger partial charge in [0, 0.05) is 0 Å². The van der Waals surface area contributed by atoms with Crippen molar-refractivity contribution in [2.45, 2.75) is 0 Å². The van der Waals surface area contributed by atoms with Crippen molar-refractivity contribution < 1.29 is 66.8 Å². The summed E-state index contributed by atoms with van der Waals surface area (Å²) in [4.78, 5) is 0. The third-order valence-electron chi connectivity index (χ3n) is 0. The first-order valence-corrected chi connectivity index (χ1v) is 0. The van der Waals surface area contributed by atoms with Gasteiger partial charge in [-0.15, -0.1) is 0 Å². The molecule has 0 aliphatic heterocycles. The third kappa shape index (κ3) is 76.5. The molecular formula is CrN3Ni3. The van der Waals surface area contributed by atoms with Gasteiger partial charge in [0.05, 0.1) is 0 Å². The zero-order valence-corrected chi connectivity index (χ0v) is 6.94. The molecule has 0 atom stereocenters. The van der Waals surface area contributed by atoms with Crippen molar-refractivity contribution in [1.29, 1.82) is 0 Å². The quantitative estimate of drug-likeness (QED) is 0.584. The zero-order chi connectivity index (χ0) is 0. The number of hydrogen-bond donors (Lipinski definition) is 0. The molecule has 0 spiro atoms. The Morgan fingerprint density at radius 1 is 0.429 bits per heavy atom. The smallest absolute Gasteiger partial charge is 3.00 e. The van der Waals surface area contributed by atoms with Crippen molar-refractivity contribution in [2.24, 2.45) is 0 Å². The van der Waals surface area contributed by atoms with Crippen LogP contribution in [0, 0.1) is 0 Å². The summed E-state index contributed by atoms with van der Waals surface area (Å²) in [6.45, 7) is 0. The Bertz CT molecular complexity index is 10.1. The second-order valence-corrected chi connectivity index (χ2v) is 0. The molecule has 0 bridgehead atoms. The van der Waals surface area contributed by atoms with Gasteiger partial charge in [-0.1, -0.05) is 0 Å². The Hall–Kier alpha value is 1.89. The minimum absolute atomic E-state index is 0. The topological polar surface area (TPSA) is 91.5 Å². The van der Waals surface area contributed by atoms with Crippen LogP contribution in [0.5, 0.6) is 0 Å². The summed E-state index contributed by atoms with van der Waals surface area (Å²) in [6.07, 6.45) is 0. The first-order chi connectivity index (χ1) is 0. The number of rotatable bonds is 0. The monoisotopic (exact) mass is 268 g/mol. The van der Waals surface area contributed by atoms with Crippen LogP contribution in [0.2, 0.25) is 0 Å². The molecule has 0 aliphatic carbocycles. The van der Waals surface area contributed by atoms with Gasteiger partial charge in [0.15, 0.2) is 0 Å². The maximum Gasteiger partial charge on any atom is 3.00 e. The van der Waals surface area contributed by atoms with E-state index in [-0.39, 0.29) is 85.3 Å². The standard InChI is InChI=1S/Cr.3N.3Ni/q+3;3*-3;3*+2. The van der Waals surface area contributed by atoms with Crippen LogP contribution in [0.3, 0.4) is 0 Å². The fourth-order valence-corrected chi connectivity index (χ4v) is 0. The van der Waals surface area contributed by atoms with Crippen LogP contribution in [0.15, 0.2) is 0 Å². The molecule has 0 saturated heterocycles. The van der Waals surface area contributed by atoms with E-state index in [1.807, 2.05) is 0 Å². The molecule has 0 aliphatic rings. The van der Waals surface area contributed by atoms with Crippen molar-refractivity contribution >= 4 is 0 Å². The molecule has 7 heavy (non-hydrogen) atoms. The Balaban J connectivity index is 0. The van der Waals surface area contributed by atoms with Crippen molar-refractivity contribution in [3.63, 3.8) is 0 Å². The molecule has 7 heteroatoms. The van der Waals surface area contributed by atoms with Crippen molar-refractivity contribution in [3.8, 4) is 0 Å². The van der Waals surface area contributed by atoms with Gasteiger partial charge in [-0.2, -0.15) is 0 Å². The average molecular weight is 270 g/mol. The molecule has 0 saturated carbocycles. The summed E-state index contributed by atoms with van der Waals surface area (Å²) >= 11 is 0. The van der Waals surface area contributed by atoms with E-state index in [1.165, 1.54) is 0 Å². The van der Waals surface area contributed by atoms with Crippen molar-refractivity contribution in [3.05, 3.63) is 18.5 Å². The largest absolute Gasteiger partial charge is 3.00 e. The molecule has 0 unspecified atom stereocenters. The number of hydrogen-bond acceptors (Lipinski definition) is 0. The van der Waals surface area contributed by atoms with Gasteiger partial charge >= 0.3 is 66.8 Å². The number of nitrogens with zero attached hydrogens (tertiary/aromatic N) is 3. The Labute approximate surface area is 84.8 Å². The molecule has 0 N–H and O–H groups in total. The Morgan fingerprint density at radius 3 is 0.429 bits per heavy atom. The van der Waals surface area contributed by atoms with E-state index in [1.54, 1.807) is 0 Å². The van der Waals surface area contributed by atoms with Gasteiger partial charge in [-0.05, 0) is 0 Å². The fourth-order valence-electron chi connectivity index (χ4n) is 0. The van der Waals surface area contributed by atoms with Crippen molar-refractivity contribution in [2.75, 3.05) is 0 Å². The van der Waals surface area contributed by atoms with E-state index in [0.717, 1.165) is 0 Å². The zero-order valence-electron chi connectivity index (χ0n) is 2.70. The van der Waals surface area contributed by atoms with Crippen LogP contribution in [-0.4, -0.2) is 0 Å². The van der Waals surface area contributed by atoms with Gasteiger partial charge < -0.3 is 18.5 Å². The molecular weight excluding hydrogens is 270 g/mol. The van der Waals surface area contributed by atoms with Gasteiger partial charge in [-0.25, -0.2) is 0 Å². The predicted octanol–water partition coefficient (Wildman–Crippen LogP) is 0.856. The molecule has 0 heterocycles. The molecule has 0 aromatic rings. The van der Waals surface area contributed by atoms with Crippen LogP contribution >= 0.6 is 0 Å². The third-order valence-corrected chi connectivity index (χ3v) is 0. The van der Waals surface area contributed by atoms with E-state index < -0.39 is 0 Å². The SMILES string of the molecule is [Cr+3].[N-3].[N-3].[N-3].[Ni+2].[Ni+2].[Ni+2].